The molecule has 0 atom stereocenters. The van der Waals surface area contributed by atoms with Crippen molar-refractivity contribution in [3.05, 3.63) is 64.1 Å². The van der Waals surface area contributed by atoms with Crippen molar-refractivity contribution in [2.75, 3.05) is 5.75 Å². The number of primary amides is 1. The summed E-state index contributed by atoms with van der Waals surface area (Å²) in [7, 11) is 0. The lowest BCUT2D eigenvalue weighted by atomic mass is 10.0. The summed E-state index contributed by atoms with van der Waals surface area (Å²) in [6, 6.07) is 15.6. The molecule has 2 heterocycles. The molecule has 7 heteroatoms. The Kier molecular flexibility index (Phi) is 4.65. The van der Waals surface area contributed by atoms with Crippen molar-refractivity contribution in [1.82, 2.24) is 9.97 Å². The van der Waals surface area contributed by atoms with Crippen LogP contribution >= 0.6 is 27.7 Å². The zero-order valence-corrected chi connectivity index (χ0v) is 16.0. The Morgan fingerprint density at radius 2 is 2.00 bits per heavy atom. The molecule has 26 heavy (non-hydrogen) atoms. The molecule has 0 unspecified atom stereocenters. The lowest BCUT2D eigenvalue weighted by Gasteiger charge is -2.22. The van der Waals surface area contributed by atoms with Gasteiger partial charge in [-0.3, -0.25) is 4.79 Å². The summed E-state index contributed by atoms with van der Waals surface area (Å²) in [5, 5.41) is 0.721. The quantitative estimate of drug-likeness (QED) is 0.390. The van der Waals surface area contributed by atoms with Crippen molar-refractivity contribution in [2.24, 2.45) is 5.73 Å². The van der Waals surface area contributed by atoms with Gasteiger partial charge in [-0.2, -0.15) is 4.98 Å². The molecule has 4 rings (SSSR count). The molecule has 2 aromatic carbocycles. The Labute approximate surface area is 163 Å². The Morgan fingerprint density at radius 1 is 1.19 bits per heavy atom. The standard InChI is InChI=1S/C19H14BrN3O2S/c20-13-6-7-15-12(8-13)9-14-18(25-15)22-17(11-4-2-1-3-5-11)23-19(14)26-10-16(21)24/h1-8H,9-10H2,(H2,21,24). The lowest BCUT2D eigenvalue weighted by molar-refractivity contribution is -0.115. The Morgan fingerprint density at radius 3 is 2.77 bits per heavy atom. The summed E-state index contributed by atoms with van der Waals surface area (Å²) in [6.07, 6.45) is 0.639. The van der Waals surface area contributed by atoms with Crippen LogP contribution in [0.15, 0.2) is 58.0 Å². The summed E-state index contributed by atoms with van der Waals surface area (Å²) in [5.74, 6) is 1.65. The minimum Gasteiger partial charge on any atom is -0.438 e. The second-order valence-electron chi connectivity index (χ2n) is 5.79. The number of nitrogens with zero attached hydrogens (tertiary/aromatic N) is 2. The van der Waals surface area contributed by atoms with Crippen molar-refractivity contribution < 1.29 is 9.53 Å². The van der Waals surface area contributed by atoms with E-state index in [9.17, 15) is 4.79 Å². The second kappa shape index (κ2) is 7.09. The molecule has 0 spiro atoms. The largest absolute Gasteiger partial charge is 0.438 e. The fourth-order valence-electron chi connectivity index (χ4n) is 2.73. The number of benzene rings is 2. The molecule has 1 aliphatic heterocycles. The fourth-order valence-corrected chi connectivity index (χ4v) is 3.91. The number of halogens is 1. The molecule has 130 valence electrons. The number of carbonyl (C=O) groups is 1. The molecular formula is C19H14BrN3O2S. The maximum Gasteiger partial charge on any atom is 0.227 e. The van der Waals surface area contributed by atoms with Gasteiger partial charge in [0.1, 0.15) is 10.8 Å². The highest BCUT2D eigenvalue weighted by Crippen LogP contribution is 2.41. The number of hydrogen-bond donors (Lipinski definition) is 1. The molecule has 1 amide bonds. The van der Waals surface area contributed by atoms with Gasteiger partial charge in [0.25, 0.3) is 0 Å². The van der Waals surface area contributed by atoms with Crippen LogP contribution in [0.5, 0.6) is 11.6 Å². The Hall–Kier alpha value is -2.38. The molecule has 5 nitrogen and oxygen atoms in total. The number of fused-ring (bicyclic) bond motifs is 2. The third-order valence-corrected chi connectivity index (χ3v) is 5.44. The highest BCUT2D eigenvalue weighted by atomic mass is 79.9. The Bertz CT molecular complexity index is 996. The number of ether oxygens (including phenoxy) is 1. The first-order valence-corrected chi connectivity index (χ1v) is 9.72. The van der Waals surface area contributed by atoms with E-state index in [-0.39, 0.29) is 11.7 Å². The average Bonchev–Trinajstić information content (AvgIpc) is 2.65. The van der Waals surface area contributed by atoms with E-state index in [1.807, 2.05) is 48.5 Å². The third kappa shape index (κ3) is 3.45. The van der Waals surface area contributed by atoms with Gasteiger partial charge in [0.15, 0.2) is 5.82 Å². The van der Waals surface area contributed by atoms with E-state index >= 15 is 0 Å². The van der Waals surface area contributed by atoms with Crippen LogP contribution in [0.25, 0.3) is 11.4 Å². The molecule has 0 radical (unpaired) electrons. The monoisotopic (exact) mass is 427 g/mol. The molecule has 1 aromatic heterocycles. The molecule has 3 aromatic rings. The zero-order valence-electron chi connectivity index (χ0n) is 13.6. The van der Waals surface area contributed by atoms with Gasteiger partial charge in [-0.15, -0.1) is 0 Å². The minimum absolute atomic E-state index is 0.156. The lowest BCUT2D eigenvalue weighted by Crippen LogP contribution is -2.14. The van der Waals surface area contributed by atoms with Crippen LogP contribution in [0.1, 0.15) is 11.1 Å². The van der Waals surface area contributed by atoms with Crippen LogP contribution < -0.4 is 10.5 Å². The average molecular weight is 428 g/mol. The van der Waals surface area contributed by atoms with Crippen molar-refractivity contribution in [1.29, 1.82) is 0 Å². The Balaban J connectivity index is 1.80. The van der Waals surface area contributed by atoms with Crippen LogP contribution in [-0.2, 0) is 11.2 Å². The van der Waals surface area contributed by atoms with Gasteiger partial charge in [-0.05, 0) is 18.2 Å². The van der Waals surface area contributed by atoms with E-state index in [1.165, 1.54) is 11.8 Å². The maximum atomic E-state index is 11.3. The summed E-state index contributed by atoms with van der Waals surface area (Å²) >= 11 is 4.80. The zero-order chi connectivity index (χ0) is 18.1. The first-order valence-electron chi connectivity index (χ1n) is 7.94. The number of aromatic nitrogens is 2. The molecule has 1 aliphatic rings. The van der Waals surface area contributed by atoms with Crippen molar-refractivity contribution >= 4 is 33.6 Å². The molecule has 0 saturated carbocycles. The number of carbonyl (C=O) groups excluding carboxylic acids is 1. The van der Waals surface area contributed by atoms with E-state index in [0.29, 0.717) is 18.1 Å². The van der Waals surface area contributed by atoms with E-state index in [1.54, 1.807) is 0 Å². The van der Waals surface area contributed by atoms with E-state index < -0.39 is 0 Å². The smallest absolute Gasteiger partial charge is 0.227 e. The second-order valence-corrected chi connectivity index (χ2v) is 7.67. The van der Waals surface area contributed by atoms with Crippen LogP contribution in [0, 0.1) is 0 Å². The van der Waals surface area contributed by atoms with Gasteiger partial charge in [-0.1, -0.05) is 58.0 Å². The molecule has 0 aliphatic carbocycles. The number of nitrogens with two attached hydrogens (primary N) is 1. The third-order valence-electron chi connectivity index (χ3n) is 3.91. The van der Waals surface area contributed by atoms with E-state index in [4.69, 9.17) is 10.5 Å². The van der Waals surface area contributed by atoms with Gasteiger partial charge in [0.05, 0.1) is 11.3 Å². The van der Waals surface area contributed by atoms with Crippen LogP contribution in [0.2, 0.25) is 0 Å². The predicted molar refractivity (Wildman–Crippen MR) is 104 cm³/mol. The molecule has 0 bridgehead atoms. The van der Waals surface area contributed by atoms with Crippen molar-refractivity contribution in [3.8, 4) is 23.0 Å². The number of hydrogen-bond acceptors (Lipinski definition) is 5. The summed E-state index contributed by atoms with van der Waals surface area (Å²) in [5.41, 5.74) is 8.13. The number of amides is 1. The van der Waals surface area contributed by atoms with Gasteiger partial charge in [0.2, 0.25) is 11.8 Å². The molecule has 0 fully saturated rings. The van der Waals surface area contributed by atoms with Crippen LogP contribution in [-0.4, -0.2) is 21.6 Å². The number of thioether (sulfide) groups is 1. The predicted octanol–water partition coefficient (Wildman–Crippen LogP) is 4.18. The summed E-state index contributed by atoms with van der Waals surface area (Å²) in [4.78, 5) is 20.6. The first kappa shape index (κ1) is 17.1. The highest BCUT2D eigenvalue weighted by Gasteiger charge is 2.24. The molecule has 0 saturated heterocycles. The van der Waals surface area contributed by atoms with Gasteiger partial charge >= 0.3 is 0 Å². The highest BCUT2D eigenvalue weighted by molar-refractivity contribution is 9.10. The topological polar surface area (TPSA) is 78.1 Å². The van der Waals surface area contributed by atoms with Gasteiger partial charge < -0.3 is 10.5 Å². The van der Waals surface area contributed by atoms with E-state index in [0.717, 1.165) is 31.9 Å². The number of rotatable bonds is 4. The van der Waals surface area contributed by atoms with E-state index in [2.05, 4.69) is 25.9 Å². The van der Waals surface area contributed by atoms with Gasteiger partial charge in [0, 0.05) is 22.0 Å². The van der Waals surface area contributed by atoms with Crippen molar-refractivity contribution in [2.45, 2.75) is 11.4 Å². The van der Waals surface area contributed by atoms with Crippen LogP contribution in [0.4, 0.5) is 0 Å². The maximum absolute atomic E-state index is 11.3. The summed E-state index contributed by atoms with van der Waals surface area (Å²) < 4.78 is 7.02. The normalized spacial score (nSPS) is 12.0. The molecule has 2 N–H and O–H groups in total. The van der Waals surface area contributed by atoms with Crippen LogP contribution in [0.3, 0.4) is 0 Å². The minimum atomic E-state index is -0.386. The van der Waals surface area contributed by atoms with Crippen molar-refractivity contribution in [3.63, 3.8) is 0 Å². The summed E-state index contributed by atoms with van der Waals surface area (Å²) in [6.45, 7) is 0. The van der Waals surface area contributed by atoms with Gasteiger partial charge in [-0.25, -0.2) is 4.98 Å². The fraction of sp³-hybridized carbons (Fsp3) is 0.105. The molecular weight excluding hydrogens is 414 g/mol. The first-order chi connectivity index (χ1) is 12.6. The SMILES string of the molecule is NC(=O)CSc1nc(-c2ccccc2)nc2c1Cc1cc(Br)ccc1O2.